The van der Waals surface area contributed by atoms with E-state index in [1.807, 2.05) is 6.92 Å². The molecule has 0 radical (unpaired) electrons. The topological polar surface area (TPSA) is 157 Å². The van der Waals surface area contributed by atoms with Gasteiger partial charge in [-0.15, -0.1) is 0 Å². The molecule has 1 aliphatic rings. The summed E-state index contributed by atoms with van der Waals surface area (Å²) in [4.78, 5) is 15.2. The third-order valence-electron chi connectivity index (χ3n) is 3.02. The number of sulfonamides is 1. The van der Waals surface area contributed by atoms with Crippen molar-refractivity contribution in [3.8, 4) is 0 Å². The zero-order valence-corrected chi connectivity index (χ0v) is 13.3. The second-order valence-electron chi connectivity index (χ2n) is 5.07. The molecule has 0 aromatic rings. The number of hydrogen-bond acceptors (Lipinski definition) is 5. The molecule has 3 atom stereocenters. The molecule has 0 saturated heterocycles. The maximum Gasteiger partial charge on any atom is 0.331 e. The molecular weight excluding hydrogens is 312 g/mol. The number of aliphatic imine (C=N–C) groups is 1. The lowest BCUT2D eigenvalue weighted by Gasteiger charge is -2.34. The highest BCUT2D eigenvalue weighted by atomic mass is 32.2. The van der Waals surface area contributed by atoms with Crippen LogP contribution in [0.5, 0.6) is 0 Å². The van der Waals surface area contributed by atoms with Crippen LogP contribution in [0, 0.1) is 0 Å². The minimum Gasteiger partial charge on any atom is -0.478 e. The van der Waals surface area contributed by atoms with E-state index in [0.29, 0.717) is 13.0 Å². The zero-order chi connectivity index (χ0) is 16.9. The van der Waals surface area contributed by atoms with Gasteiger partial charge >= 0.3 is 5.97 Å². The number of ether oxygens (including phenoxy) is 1. The second-order valence-corrected chi connectivity index (χ2v) is 6.85. The van der Waals surface area contributed by atoms with Crippen LogP contribution in [-0.4, -0.2) is 56.5 Å². The lowest BCUT2D eigenvalue weighted by molar-refractivity contribution is -0.133. The molecule has 22 heavy (non-hydrogen) atoms. The summed E-state index contributed by atoms with van der Waals surface area (Å²) in [5.74, 6) is -1.36. The highest BCUT2D eigenvalue weighted by Gasteiger charge is 2.37. The summed E-state index contributed by atoms with van der Waals surface area (Å²) in [6, 6.07) is -1.52. The quantitative estimate of drug-likeness (QED) is 0.335. The van der Waals surface area contributed by atoms with Crippen molar-refractivity contribution in [2.75, 3.05) is 12.9 Å². The second kappa shape index (κ2) is 7.56. The van der Waals surface area contributed by atoms with Crippen molar-refractivity contribution in [1.29, 1.82) is 0 Å². The summed E-state index contributed by atoms with van der Waals surface area (Å²) in [6.07, 6.45) is 2.35. The molecule has 3 unspecified atom stereocenters. The zero-order valence-electron chi connectivity index (χ0n) is 12.5. The van der Waals surface area contributed by atoms with Crippen LogP contribution in [0.4, 0.5) is 0 Å². The fourth-order valence-electron chi connectivity index (χ4n) is 2.22. The molecule has 0 fully saturated rings. The molecular formula is C12H22N4O5S. The van der Waals surface area contributed by atoms with Gasteiger partial charge in [0.25, 0.3) is 0 Å². The van der Waals surface area contributed by atoms with Gasteiger partial charge in [-0.2, -0.15) is 0 Å². The number of hydrogen-bond donors (Lipinski definition) is 4. The molecule has 10 heteroatoms. The molecule has 0 aliphatic heterocycles. The molecule has 0 aromatic heterocycles. The number of guanidine groups is 1. The summed E-state index contributed by atoms with van der Waals surface area (Å²) < 4.78 is 31.1. The Kier molecular flexibility index (Phi) is 6.33. The van der Waals surface area contributed by atoms with Gasteiger partial charge in [-0.1, -0.05) is 6.92 Å². The molecule has 0 amide bonds. The predicted molar refractivity (Wildman–Crippen MR) is 81.7 cm³/mol. The van der Waals surface area contributed by atoms with Gasteiger partial charge < -0.3 is 21.3 Å². The van der Waals surface area contributed by atoms with Crippen LogP contribution in [0.1, 0.15) is 19.8 Å². The maximum atomic E-state index is 11.6. The molecule has 1 aliphatic carbocycles. The number of carboxylic acid groups (broad SMARTS) is 1. The molecule has 9 nitrogen and oxygen atoms in total. The largest absolute Gasteiger partial charge is 0.478 e. The summed E-state index contributed by atoms with van der Waals surface area (Å²) in [6.45, 7) is 2.24. The van der Waals surface area contributed by atoms with Gasteiger partial charge in [0.05, 0.1) is 24.4 Å². The van der Waals surface area contributed by atoms with Crippen LogP contribution in [0.2, 0.25) is 0 Å². The van der Waals surface area contributed by atoms with Crippen molar-refractivity contribution in [2.45, 2.75) is 38.0 Å². The van der Waals surface area contributed by atoms with Crippen molar-refractivity contribution in [3.05, 3.63) is 11.6 Å². The molecule has 0 spiro atoms. The molecule has 1 rings (SSSR count). The summed E-state index contributed by atoms with van der Waals surface area (Å²) in [7, 11) is -3.55. The van der Waals surface area contributed by atoms with E-state index in [-0.39, 0.29) is 18.0 Å². The first kappa shape index (κ1) is 18.4. The van der Waals surface area contributed by atoms with Crippen molar-refractivity contribution in [2.24, 2.45) is 16.5 Å². The number of carboxylic acids is 1. The van der Waals surface area contributed by atoms with Crippen molar-refractivity contribution < 1.29 is 23.1 Å². The van der Waals surface area contributed by atoms with Crippen LogP contribution in [0.25, 0.3) is 0 Å². The molecule has 0 bridgehead atoms. The number of nitrogens with zero attached hydrogens (tertiary/aromatic N) is 1. The molecule has 6 N–H and O–H groups in total. The van der Waals surface area contributed by atoms with E-state index in [9.17, 15) is 18.3 Å². The SMILES string of the molecule is CCCOC1C=C(C(=O)O)CC(N=C(N)N)C1NS(C)(=O)=O. The third-order valence-corrected chi connectivity index (χ3v) is 3.72. The van der Waals surface area contributed by atoms with Gasteiger partial charge in [-0.05, 0) is 12.5 Å². The predicted octanol–water partition coefficient (Wildman–Crippen LogP) is -1.24. The lowest BCUT2D eigenvalue weighted by atomic mass is 9.89. The summed E-state index contributed by atoms with van der Waals surface area (Å²) in [5, 5.41) is 9.18. The van der Waals surface area contributed by atoms with Gasteiger partial charge in [0.1, 0.15) is 0 Å². The number of carbonyl (C=O) groups is 1. The fraction of sp³-hybridized carbons (Fsp3) is 0.667. The van der Waals surface area contributed by atoms with E-state index in [0.717, 1.165) is 6.26 Å². The monoisotopic (exact) mass is 334 g/mol. The Morgan fingerprint density at radius 2 is 2.18 bits per heavy atom. The number of aliphatic carboxylic acids is 1. The smallest absolute Gasteiger partial charge is 0.331 e. The van der Waals surface area contributed by atoms with Crippen molar-refractivity contribution >= 4 is 22.0 Å². The van der Waals surface area contributed by atoms with E-state index < -0.39 is 34.2 Å². The van der Waals surface area contributed by atoms with E-state index in [1.54, 1.807) is 0 Å². The minimum atomic E-state index is -3.55. The Balaban J connectivity index is 3.19. The average molecular weight is 334 g/mol. The summed E-state index contributed by atoms with van der Waals surface area (Å²) in [5.41, 5.74) is 10.8. The van der Waals surface area contributed by atoms with Crippen molar-refractivity contribution in [3.63, 3.8) is 0 Å². The minimum absolute atomic E-state index is 0.00635. The number of nitrogens with two attached hydrogens (primary N) is 2. The van der Waals surface area contributed by atoms with Crippen molar-refractivity contribution in [1.82, 2.24) is 4.72 Å². The lowest BCUT2D eigenvalue weighted by Crippen LogP contribution is -2.53. The Hall–Kier alpha value is -1.65. The Bertz CT molecular complexity index is 568. The molecule has 0 saturated carbocycles. The Morgan fingerprint density at radius 1 is 1.55 bits per heavy atom. The van der Waals surface area contributed by atoms with Crippen LogP contribution in [0.3, 0.4) is 0 Å². The molecule has 0 aromatic carbocycles. The van der Waals surface area contributed by atoms with E-state index >= 15 is 0 Å². The van der Waals surface area contributed by atoms with Crippen LogP contribution < -0.4 is 16.2 Å². The van der Waals surface area contributed by atoms with Crippen LogP contribution >= 0.6 is 0 Å². The van der Waals surface area contributed by atoms with E-state index in [4.69, 9.17) is 16.2 Å². The molecule has 0 heterocycles. The normalized spacial score (nSPS) is 25.4. The first-order valence-corrected chi connectivity index (χ1v) is 8.64. The number of nitrogens with one attached hydrogen (secondary N) is 1. The standard InChI is InChI=1S/C12H22N4O5S/c1-3-4-21-9-6-7(11(17)18)5-8(15-12(13)14)10(9)16-22(2,19)20/h6,8-10,16H,3-5H2,1-2H3,(H,17,18)(H4,13,14,15). The number of rotatable bonds is 7. The highest BCUT2D eigenvalue weighted by molar-refractivity contribution is 7.88. The van der Waals surface area contributed by atoms with Gasteiger partial charge in [0.2, 0.25) is 10.0 Å². The first-order chi connectivity index (χ1) is 10.1. The van der Waals surface area contributed by atoms with Gasteiger partial charge in [0, 0.05) is 18.6 Å². The fourth-order valence-corrected chi connectivity index (χ4v) is 3.00. The Labute approximate surface area is 129 Å². The van der Waals surface area contributed by atoms with Gasteiger partial charge in [0.15, 0.2) is 5.96 Å². The summed E-state index contributed by atoms with van der Waals surface area (Å²) >= 11 is 0. The first-order valence-electron chi connectivity index (χ1n) is 6.75. The molecule has 126 valence electrons. The van der Waals surface area contributed by atoms with E-state index in [1.165, 1.54) is 6.08 Å². The van der Waals surface area contributed by atoms with Crippen LogP contribution in [0.15, 0.2) is 16.6 Å². The van der Waals surface area contributed by atoms with E-state index in [2.05, 4.69) is 9.71 Å². The third kappa shape index (κ3) is 5.62. The Morgan fingerprint density at radius 3 is 2.64 bits per heavy atom. The highest BCUT2D eigenvalue weighted by Crippen LogP contribution is 2.25. The van der Waals surface area contributed by atoms with Crippen LogP contribution in [-0.2, 0) is 19.6 Å². The van der Waals surface area contributed by atoms with Gasteiger partial charge in [-0.25, -0.2) is 22.9 Å². The van der Waals surface area contributed by atoms with Gasteiger partial charge in [-0.3, -0.25) is 0 Å². The average Bonchev–Trinajstić information content (AvgIpc) is 2.36. The maximum absolute atomic E-state index is 11.6.